The number of hydrogen-bond acceptors (Lipinski definition) is 3. The molecule has 62 heavy (non-hydrogen) atoms. The molecule has 12 rings (SSSR count). The molecule has 0 spiro atoms. The maximum atomic E-state index is 6.68. The second-order valence-electron chi connectivity index (χ2n) is 15.8. The van der Waals surface area contributed by atoms with Crippen molar-refractivity contribution in [3.05, 3.63) is 224 Å². The third-order valence-corrected chi connectivity index (χ3v) is 12.0. The number of benzene rings is 9. The Bertz CT molecular complexity index is 3590. The first kappa shape index (κ1) is 35.6. The second-order valence-corrected chi connectivity index (χ2v) is 15.8. The standard InChI is InChI=1S/C58H37N3O/c1-5-14-38(15-6-1)40-24-26-42(27-25-40)52-37-51(41-18-9-3-10-19-41)59-58(60-52)45-29-32-49-56(36-45)62-55-23-13-22-47(57(49)55)44-30-33-53-50(34-44)48-31-28-43(39-16-7-2-8-17-39)35-54(48)61(53)46-20-11-4-12-21-46/h1-37H. The van der Waals surface area contributed by atoms with Crippen molar-refractivity contribution < 1.29 is 4.42 Å². The van der Waals surface area contributed by atoms with Crippen molar-refractivity contribution in [2.24, 2.45) is 0 Å². The highest BCUT2D eigenvalue weighted by molar-refractivity contribution is 6.16. The van der Waals surface area contributed by atoms with Gasteiger partial charge in [-0.3, -0.25) is 0 Å². The minimum absolute atomic E-state index is 0.645. The van der Waals surface area contributed by atoms with E-state index in [1.54, 1.807) is 0 Å². The summed E-state index contributed by atoms with van der Waals surface area (Å²) in [6, 6.07) is 79.1. The molecule has 0 atom stereocenters. The van der Waals surface area contributed by atoms with Crippen LogP contribution in [0.1, 0.15) is 0 Å². The van der Waals surface area contributed by atoms with Gasteiger partial charge in [-0.1, -0.05) is 170 Å². The fourth-order valence-electron chi connectivity index (χ4n) is 9.00. The van der Waals surface area contributed by atoms with E-state index in [9.17, 15) is 0 Å². The molecule has 0 aliphatic carbocycles. The second kappa shape index (κ2) is 14.7. The summed E-state index contributed by atoms with van der Waals surface area (Å²) in [6.07, 6.45) is 0. The van der Waals surface area contributed by atoms with E-state index in [1.807, 2.05) is 24.3 Å². The minimum atomic E-state index is 0.645. The van der Waals surface area contributed by atoms with Gasteiger partial charge in [-0.05, 0) is 88.0 Å². The molecule has 0 amide bonds. The summed E-state index contributed by atoms with van der Waals surface area (Å²) in [4.78, 5) is 10.3. The SMILES string of the molecule is c1ccc(-c2ccc(-c3cc(-c4ccccc4)nc(-c4ccc5c(c4)oc4cccc(-c6ccc7c(c6)c6ccc(-c8ccccc8)cc6n7-c6ccccc6)c45)n3)cc2)cc1. The first-order valence-electron chi connectivity index (χ1n) is 21.0. The summed E-state index contributed by atoms with van der Waals surface area (Å²) < 4.78 is 9.06. The Morgan fingerprint density at radius 3 is 1.58 bits per heavy atom. The lowest BCUT2D eigenvalue weighted by Gasteiger charge is -2.10. The first-order valence-corrected chi connectivity index (χ1v) is 21.0. The maximum absolute atomic E-state index is 6.68. The molecule has 4 nitrogen and oxygen atoms in total. The van der Waals surface area contributed by atoms with E-state index in [0.717, 1.165) is 72.4 Å². The van der Waals surface area contributed by atoms with Crippen LogP contribution in [-0.2, 0) is 0 Å². The molecule has 0 saturated heterocycles. The molecular weight excluding hydrogens is 755 g/mol. The zero-order chi connectivity index (χ0) is 41.0. The number of fused-ring (bicyclic) bond motifs is 6. The lowest BCUT2D eigenvalue weighted by Crippen LogP contribution is -1.96. The van der Waals surface area contributed by atoms with Crippen LogP contribution in [0.4, 0.5) is 0 Å². The molecule has 12 aromatic rings. The van der Waals surface area contributed by atoms with Gasteiger partial charge in [-0.25, -0.2) is 9.97 Å². The summed E-state index contributed by atoms with van der Waals surface area (Å²) in [5, 5.41) is 4.55. The number of para-hydroxylation sites is 1. The number of aromatic nitrogens is 3. The summed E-state index contributed by atoms with van der Waals surface area (Å²) in [6.45, 7) is 0. The molecule has 4 heteroatoms. The number of rotatable bonds is 7. The van der Waals surface area contributed by atoms with Crippen LogP contribution in [0.2, 0.25) is 0 Å². The molecule has 0 aliphatic rings. The Morgan fingerprint density at radius 1 is 0.323 bits per heavy atom. The molecule has 0 N–H and O–H groups in total. The van der Waals surface area contributed by atoms with Crippen molar-refractivity contribution in [2.75, 3.05) is 0 Å². The fraction of sp³-hybridized carbons (Fsp3) is 0. The van der Waals surface area contributed by atoms with Crippen LogP contribution in [-0.4, -0.2) is 14.5 Å². The average molecular weight is 792 g/mol. The van der Waals surface area contributed by atoms with Crippen molar-refractivity contribution in [1.29, 1.82) is 0 Å². The van der Waals surface area contributed by atoms with Crippen LogP contribution in [0.3, 0.4) is 0 Å². The number of hydrogen-bond donors (Lipinski definition) is 0. The Morgan fingerprint density at radius 2 is 0.871 bits per heavy atom. The summed E-state index contributed by atoms with van der Waals surface area (Å²) >= 11 is 0. The third kappa shape index (κ3) is 6.16. The van der Waals surface area contributed by atoms with Gasteiger partial charge in [0.25, 0.3) is 0 Å². The quantitative estimate of drug-likeness (QED) is 0.161. The van der Waals surface area contributed by atoms with E-state index in [1.165, 1.54) is 38.5 Å². The summed E-state index contributed by atoms with van der Waals surface area (Å²) in [5.41, 5.74) is 16.8. The van der Waals surface area contributed by atoms with E-state index in [4.69, 9.17) is 14.4 Å². The topological polar surface area (TPSA) is 43.9 Å². The van der Waals surface area contributed by atoms with Gasteiger partial charge < -0.3 is 8.98 Å². The fourth-order valence-corrected chi connectivity index (χ4v) is 9.00. The molecule has 290 valence electrons. The van der Waals surface area contributed by atoms with Crippen LogP contribution in [0, 0.1) is 0 Å². The monoisotopic (exact) mass is 791 g/mol. The first-order chi connectivity index (χ1) is 30.7. The van der Waals surface area contributed by atoms with E-state index >= 15 is 0 Å². The Kier molecular flexibility index (Phi) is 8.46. The maximum Gasteiger partial charge on any atom is 0.160 e. The predicted octanol–water partition coefficient (Wildman–Crippen LogP) is 15.5. The Hall–Kier alpha value is -8.34. The van der Waals surface area contributed by atoms with E-state index < -0.39 is 0 Å². The highest BCUT2D eigenvalue weighted by Crippen LogP contribution is 2.42. The van der Waals surface area contributed by atoms with Crippen LogP contribution in [0.25, 0.3) is 117 Å². The van der Waals surface area contributed by atoms with Crippen molar-refractivity contribution in [3.63, 3.8) is 0 Å². The Labute approximate surface area is 358 Å². The normalized spacial score (nSPS) is 11.5. The summed E-state index contributed by atoms with van der Waals surface area (Å²) in [5.74, 6) is 0.645. The summed E-state index contributed by atoms with van der Waals surface area (Å²) in [7, 11) is 0. The van der Waals surface area contributed by atoms with Crippen LogP contribution in [0.15, 0.2) is 229 Å². The Balaban J connectivity index is 0.974. The van der Waals surface area contributed by atoms with Crippen molar-refractivity contribution >= 4 is 43.7 Å². The van der Waals surface area contributed by atoms with E-state index in [-0.39, 0.29) is 0 Å². The van der Waals surface area contributed by atoms with Gasteiger partial charge in [0.05, 0.1) is 22.4 Å². The number of furan rings is 1. The molecule has 0 radical (unpaired) electrons. The average Bonchev–Trinajstić information content (AvgIpc) is 3.90. The van der Waals surface area contributed by atoms with Crippen molar-refractivity contribution in [2.45, 2.75) is 0 Å². The molecule has 0 unspecified atom stereocenters. The largest absolute Gasteiger partial charge is 0.456 e. The van der Waals surface area contributed by atoms with E-state index in [2.05, 4.69) is 205 Å². The molecular formula is C58H37N3O. The van der Waals surface area contributed by atoms with Gasteiger partial charge >= 0.3 is 0 Å². The predicted molar refractivity (Wildman–Crippen MR) is 256 cm³/mol. The van der Waals surface area contributed by atoms with Crippen LogP contribution < -0.4 is 0 Å². The van der Waals surface area contributed by atoms with Crippen molar-refractivity contribution in [3.8, 4) is 73.0 Å². The van der Waals surface area contributed by atoms with Gasteiger partial charge in [-0.2, -0.15) is 0 Å². The van der Waals surface area contributed by atoms with Gasteiger partial charge in [0.1, 0.15) is 11.2 Å². The molecule has 0 fully saturated rings. The van der Waals surface area contributed by atoms with Gasteiger partial charge in [0.15, 0.2) is 5.82 Å². The molecule has 0 aliphatic heterocycles. The highest BCUT2D eigenvalue weighted by Gasteiger charge is 2.19. The molecule has 3 heterocycles. The zero-order valence-electron chi connectivity index (χ0n) is 33.6. The van der Waals surface area contributed by atoms with Gasteiger partial charge in [-0.15, -0.1) is 0 Å². The van der Waals surface area contributed by atoms with Crippen LogP contribution in [0.5, 0.6) is 0 Å². The lowest BCUT2D eigenvalue weighted by molar-refractivity contribution is 0.669. The van der Waals surface area contributed by atoms with E-state index in [0.29, 0.717) is 5.82 Å². The number of nitrogens with zero attached hydrogens (tertiary/aromatic N) is 3. The minimum Gasteiger partial charge on any atom is -0.456 e. The molecule has 3 aromatic heterocycles. The molecule has 0 bridgehead atoms. The van der Waals surface area contributed by atoms with Gasteiger partial charge in [0.2, 0.25) is 0 Å². The molecule has 9 aromatic carbocycles. The van der Waals surface area contributed by atoms with Crippen molar-refractivity contribution in [1.82, 2.24) is 14.5 Å². The van der Waals surface area contributed by atoms with Crippen LogP contribution >= 0.6 is 0 Å². The smallest absolute Gasteiger partial charge is 0.160 e. The highest BCUT2D eigenvalue weighted by atomic mass is 16.3. The molecule has 0 saturated carbocycles. The van der Waals surface area contributed by atoms with Gasteiger partial charge in [0, 0.05) is 43.9 Å². The lowest BCUT2D eigenvalue weighted by atomic mass is 9.97. The zero-order valence-corrected chi connectivity index (χ0v) is 33.6. The third-order valence-electron chi connectivity index (χ3n) is 12.0.